The number of aromatic nitrogens is 2. The van der Waals surface area contributed by atoms with Crippen molar-refractivity contribution in [2.24, 2.45) is 0 Å². The molecule has 0 unspecified atom stereocenters. The van der Waals surface area contributed by atoms with Crippen LogP contribution in [0.15, 0.2) is 54.6 Å². The van der Waals surface area contributed by atoms with Gasteiger partial charge in [-0.15, -0.1) is 0 Å². The zero-order valence-electron chi connectivity index (χ0n) is 13.1. The zero-order valence-corrected chi connectivity index (χ0v) is 13.1. The predicted molar refractivity (Wildman–Crippen MR) is 92.3 cm³/mol. The van der Waals surface area contributed by atoms with E-state index in [1.807, 2.05) is 61.5 Å². The highest BCUT2D eigenvalue weighted by atomic mass is 16.7. The zero-order chi connectivity index (χ0) is 16.4. The van der Waals surface area contributed by atoms with Gasteiger partial charge in [-0.05, 0) is 31.2 Å². The van der Waals surface area contributed by atoms with Crippen molar-refractivity contribution in [2.45, 2.75) is 6.92 Å². The Bertz CT molecular complexity index is 868. The molecule has 1 aromatic heterocycles. The van der Waals surface area contributed by atoms with Crippen LogP contribution in [0.2, 0.25) is 0 Å². The summed E-state index contributed by atoms with van der Waals surface area (Å²) in [5.74, 6) is 3.61. The first kappa shape index (κ1) is 14.3. The average molecular weight is 320 g/mol. The Hall–Kier alpha value is -3.28. The number of ether oxygens (including phenoxy) is 2. The topological polar surface area (TPSA) is 68.3 Å². The number of anilines is 4. The maximum Gasteiger partial charge on any atom is 0.231 e. The maximum absolute atomic E-state index is 5.40. The first-order valence-corrected chi connectivity index (χ1v) is 7.61. The van der Waals surface area contributed by atoms with Crippen LogP contribution in [0, 0.1) is 6.92 Å². The predicted octanol–water partition coefficient (Wildman–Crippen LogP) is 4.00. The van der Waals surface area contributed by atoms with E-state index in [-0.39, 0.29) is 6.79 Å². The fourth-order valence-electron chi connectivity index (χ4n) is 2.49. The van der Waals surface area contributed by atoms with Crippen LogP contribution in [0.3, 0.4) is 0 Å². The number of aryl methyl sites for hydroxylation is 1. The van der Waals surface area contributed by atoms with Gasteiger partial charge in [0.2, 0.25) is 6.79 Å². The number of fused-ring (bicyclic) bond motifs is 1. The molecule has 0 bridgehead atoms. The largest absolute Gasteiger partial charge is 0.454 e. The second-order valence-electron chi connectivity index (χ2n) is 5.37. The summed E-state index contributed by atoms with van der Waals surface area (Å²) in [7, 11) is 0. The minimum Gasteiger partial charge on any atom is -0.454 e. The van der Waals surface area contributed by atoms with Gasteiger partial charge in [-0.3, -0.25) is 0 Å². The lowest BCUT2D eigenvalue weighted by Crippen LogP contribution is -2.01. The van der Waals surface area contributed by atoms with Crippen molar-refractivity contribution in [3.05, 3.63) is 60.4 Å². The number of benzene rings is 2. The summed E-state index contributed by atoms with van der Waals surface area (Å²) in [6, 6.07) is 17.5. The van der Waals surface area contributed by atoms with E-state index in [0.717, 1.165) is 28.7 Å². The number of hydrogen-bond acceptors (Lipinski definition) is 6. The fourth-order valence-corrected chi connectivity index (χ4v) is 2.49. The van der Waals surface area contributed by atoms with E-state index in [0.29, 0.717) is 11.6 Å². The van der Waals surface area contributed by atoms with Crippen LogP contribution in [0.1, 0.15) is 5.82 Å². The van der Waals surface area contributed by atoms with Gasteiger partial charge in [0.15, 0.2) is 11.5 Å². The lowest BCUT2D eigenvalue weighted by molar-refractivity contribution is 0.174. The molecule has 2 N–H and O–H groups in total. The minimum atomic E-state index is 0.260. The molecule has 1 aliphatic rings. The summed E-state index contributed by atoms with van der Waals surface area (Å²) in [4.78, 5) is 8.85. The Morgan fingerprint density at radius 2 is 1.50 bits per heavy atom. The van der Waals surface area contributed by atoms with Crippen LogP contribution in [0.4, 0.5) is 23.0 Å². The molecule has 0 spiro atoms. The van der Waals surface area contributed by atoms with Crippen molar-refractivity contribution in [3.63, 3.8) is 0 Å². The van der Waals surface area contributed by atoms with Crippen molar-refractivity contribution < 1.29 is 9.47 Å². The van der Waals surface area contributed by atoms with Gasteiger partial charge < -0.3 is 20.1 Å². The first-order valence-electron chi connectivity index (χ1n) is 7.61. The third-order valence-corrected chi connectivity index (χ3v) is 3.53. The molecule has 3 aromatic rings. The summed E-state index contributed by atoms with van der Waals surface area (Å²) >= 11 is 0. The maximum atomic E-state index is 5.40. The van der Waals surface area contributed by atoms with E-state index in [1.54, 1.807) is 0 Å². The van der Waals surface area contributed by atoms with Crippen molar-refractivity contribution in [2.75, 3.05) is 17.4 Å². The van der Waals surface area contributed by atoms with Crippen LogP contribution in [-0.4, -0.2) is 16.8 Å². The first-order chi connectivity index (χ1) is 11.8. The van der Waals surface area contributed by atoms with E-state index < -0.39 is 0 Å². The normalized spacial score (nSPS) is 12.0. The van der Waals surface area contributed by atoms with Gasteiger partial charge in [0, 0.05) is 23.5 Å². The minimum absolute atomic E-state index is 0.260. The second kappa shape index (κ2) is 6.08. The smallest absolute Gasteiger partial charge is 0.231 e. The summed E-state index contributed by atoms with van der Waals surface area (Å²) in [5, 5.41) is 6.55. The summed E-state index contributed by atoms with van der Waals surface area (Å²) in [5.41, 5.74) is 1.85. The second-order valence-corrected chi connectivity index (χ2v) is 5.37. The number of para-hydroxylation sites is 1. The summed E-state index contributed by atoms with van der Waals surface area (Å²) < 4.78 is 10.7. The van der Waals surface area contributed by atoms with Gasteiger partial charge >= 0.3 is 0 Å². The molecular weight excluding hydrogens is 304 g/mol. The highest BCUT2D eigenvalue weighted by Gasteiger charge is 2.13. The fraction of sp³-hybridized carbons (Fsp3) is 0.111. The molecule has 0 amide bonds. The standard InChI is InChI=1S/C18H16N4O2/c1-12-19-17(21-13-5-3-2-4-6-13)10-18(20-12)22-14-7-8-15-16(9-14)24-11-23-15/h2-10H,11H2,1H3,(H2,19,20,21,22). The average Bonchev–Trinajstić information content (AvgIpc) is 3.03. The molecule has 0 atom stereocenters. The van der Waals surface area contributed by atoms with Gasteiger partial charge in [0.05, 0.1) is 0 Å². The molecular formula is C18H16N4O2. The van der Waals surface area contributed by atoms with Crippen molar-refractivity contribution >= 4 is 23.0 Å². The molecule has 0 aliphatic carbocycles. The van der Waals surface area contributed by atoms with Gasteiger partial charge in [-0.1, -0.05) is 18.2 Å². The van der Waals surface area contributed by atoms with E-state index >= 15 is 0 Å². The summed E-state index contributed by atoms with van der Waals surface area (Å²) in [6.07, 6.45) is 0. The third kappa shape index (κ3) is 3.08. The highest BCUT2D eigenvalue weighted by molar-refractivity contribution is 5.65. The van der Waals surface area contributed by atoms with E-state index in [9.17, 15) is 0 Å². The number of rotatable bonds is 4. The van der Waals surface area contributed by atoms with Crippen LogP contribution < -0.4 is 20.1 Å². The van der Waals surface area contributed by atoms with Crippen molar-refractivity contribution in [1.82, 2.24) is 9.97 Å². The Morgan fingerprint density at radius 3 is 2.29 bits per heavy atom. The number of nitrogens with one attached hydrogen (secondary N) is 2. The highest BCUT2D eigenvalue weighted by Crippen LogP contribution is 2.35. The molecule has 2 aromatic carbocycles. The quantitative estimate of drug-likeness (QED) is 0.757. The van der Waals surface area contributed by atoms with Gasteiger partial charge in [-0.2, -0.15) is 0 Å². The molecule has 6 nitrogen and oxygen atoms in total. The van der Waals surface area contributed by atoms with Crippen LogP contribution in [-0.2, 0) is 0 Å². The molecule has 0 fully saturated rings. The molecule has 6 heteroatoms. The Balaban J connectivity index is 1.57. The Morgan fingerprint density at radius 1 is 0.792 bits per heavy atom. The van der Waals surface area contributed by atoms with E-state index in [1.165, 1.54) is 0 Å². The van der Waals surface area contributed by atoms with Crippen LogP contribution >= 0.6 is 0 Å². The van der Waals surface area contributed by atoms with E-state index in [4.69, 9.17) is 9.47 Å². The lowest BCUT2D eigenvalue weighted by Gasteiger charge is -2.10. The van der Waals surface area contributed by atoms with Gasteiger partial charge in [0.1, 0.15) is 17.5 Å². The van der Waals surface area contributed by atoms with Gasteiger partial charge in [-0.25, -0.2) is 9.97 Å². The molecule has 4 rings (SSSR count). The molecule has 0 saturated heterocycles. The molecule has 0 saturated carbocycles. The van der Waals surface area contributed by atoms with Gasteiger partial charge in [0.25, 0.3) is 0 Å². The molecule has 0 radical (unpaired) electrons. The van der Waals surface area contributed by atoms with Crippen LogP contribution in [0.5, 0.6) is 11.5 Å². The Labute approximate surface area is 139 Å². The monoisotopic (exact) mass is 320 g/mol. The lowest BCUT2D eigenvalue weighted by atomic mass is 10.2. The molecule has 1 aliphatic heterocycles. The molecule has 2 heterocycles. The molecule has 24 heavy (non-hydrogen) atoms. The number of hydrogen-bond donors (Lipinski definition) is 2. The molecule has 120 valence electrons. The number of nitrogens with zero attached hydrogens (tertiary/aromatic N) is 2. The van der Waals surface area contributed by atoms with E-state index in [2.05, 4.69) is 20.6 Å². The van der Waals surface area contributed by atoms with Crippen molar-refractivity contribution in [3.8, 4) is 11.5 Å². The Kier molecular flexibility index (Phi) is 3.63. The SMILES string of the molecule is Cc1nc(Nc2ccccc2)cc(Nc2ccc3c(c2)OCO3)n1. The summed E-state index contributed by atoms with van der Waals surface area (Å²) in [6.45, 7) is 2.12. The third-order valence-electron chi connectivity index (χ3n) is 3.53. The van der Waals surface area contributed by atoms with Crippen molar-refractivity contribution in [1.29, 1.82) is 0 Å². The van der Waals surface area contributed by atoms with Crippen LogP contribution in [0.25, 0.3) is 0 Å².